The molecule has 1 N–H and O–H groups in total. The lowest BCUT2D eigenvalue weighted by atomic mass is 10.1. The van der Waals surface area contributed by atoms with Crippen LogP contribution in [0.15, 0.2) is 42.0 Å². The van der Waals surface area contributed by atoms with Gasteiger partial charge in [-0.1, -0.05) is 25.1 Å². The number of aliphatic hydroxyl groups is 1. The average Bonchev–Trinajstić information content (AvgIpc) is 3.05. The number of hydrogen-bond acceptors (Lipinski definition) is 4. The first kappa shape index (κ1) is 13.1. The number of imidazole rings is 1. The topological polar surface area (TPSA) is 46.8 Å². The van der Waals surface area contributed by atoms with Crippen LogP contribution < -0.4 is 4.74 Å². The van der Waals surface area contributed by atoms with E-state index in [9.17, 15) is 5.11 Å². The van der Waals surface area contributed by atoms with Crippen LogP contribution in [0.5, 0.6) is 5.75 Å². The maximum atomic E-state index is 9.99. The van der Waals surface area contributed by atoms with Crippen molar-refractivity contribution in [2.45, 2.75) is 26.1 Å². The summed E-state index contributed by atoms with van der Waals surface area (Å²) < 4.78 is 7.80. The van der Waals surface area contributed by atoms with Gasteiger partial charge >= 0.3 is 0 Å². The summed E-state index contributed by atoms with van der Waals surface area (Å²) in [6.45, 7) is 2.35. The number of ether oxygens (including phenoxy) is 1. The number of benzene rings is 1. The van der Waals surface area contributed by atoms with Crippen molar-refractivity contribution in [1.29, 1.82) is 0 Å². The Labute approximate surface area is 121 Å². The molecular formula is C15H16N2O2S. The fraction of sp³-hybridized carbons (Fsp3) is 0.267. The second kappa shape index (κ2) is 5.64. The van der Waals surface area contributed by atoms with Gasteiger partial charge in [0.05, 0.1) is 11.8 Å². The quantitative estimate of drug-likeness (QED) is 0.782. The van der Waals surface area contributed by atoms with Crippen LogP contribution in [0, 0.1) is 0 Å². The molecule has 0 fully saturated rings. The molecule has 3 aromatic rings. The molecule has 0 aliphatic heterocycles. The number of aliphatic hydroxyl groups excluding tert-OH is 1. The molecule has 0 aliphatic carbocycles. The Kier molecular flexibility index (Phi) is 3.71. The monoisotopic (exact) mass is 288 g/mol. The highest BCUT2D eigenvalue weighted by atomic mass is 32.1. The van der Waals surface area contributed by atoms with Crippen LogP contribution in [0.2, 0.25) is 0 Å². The molecule has 0 saturated carbocycles. The summed E-state index contributed by atoms with van der Waals surface area (Å²) >= 11 is 1.60. The van der Waals surface area contributed by atoms with Gasteiger partial charge < -0.3 is 9.84 Å². The van der Waals surface area contributed by atoms with Gasteiger partial charge in [-0.3, -0.25) is 4.40 Å². The van der Waals surface area contributed by atoms with Crippen LogP contribution in [0.25, 0.3) is 4.96 Å². The van der Waals surface area contributed by atoms with E-state index < -0.39 is 6.10 Å². The molecule has 104 valence electrons. The number of thiazole rings is 1. The van der Waals surface area contributed by atoms with Gasteiger partial charge in [0.25, 0.3) is 0 Å². The molecule has 2 heterocycles. The van der Waals surface area contributed by atoms with Crippen LogP contribution in [0.3, 0.4) is 0 Å². The summed E-state index contributed by atoms with van der Waals surface area (Å²) in [6, 6.07) is 7.60. The summed E-state index contributed by atoms with van der Waals surface area (Å²) in [4.78, 5) is 5.44. The first-order chi connectivity index (χ1) is 9.78. The number of rotatable bonds is 5. The molecule has 1 atom stereocenters. The van der Waals surface area contributed by atoms with E-state index in [0.29, 0.717) is 13.0 Å². The highest BCUT2D eigenvalue weighted by Crippen LogP contribution is 2.27. The fourth-order valence-corrected chi connectivity index (χ4v) is 2.82. The van der Waals surface area contributed by atoms with Crippen molar-refractivity contribution in [3.63, 3.8) is 0 Å². The highest BCUT2D eigenvalue weighted by Gasteiger charge is 2.11. The number of hydrogen-bond donors (Lipinski definition) is 1. The average molecular weight is 288 g/mol. The van der Waals surface area contributed by atoms with Gasteiger partial charge in [0.15, 0.2) is 4.96 Å². The molecular weight excluding hydrogens is 272 g/mol. The van der Waals surface area contributed by atoms with Gasteiger partial charge in [0.2, 0.25) is 0 Å². The van der Waals surface area contributed by atoms with Crippen molar-refractivity contribution in [3.05, 3.63) is 53.3 Å². The van der Waals surface area contributed by atoms with Crippen LogP contribution in [-0.4, -0.2) is 14.5 Å². The minimum Gasteiger partial charge on any atom is -0.487 e. The van der Waals surface area contributed by atoms with Gasteiger partial charge in [-0.2, -0.15) is 0 Å². The Morgan fingerprint density at radius 2 is 2.25 bits per heavy atom. The minimum atomic E-state index is -0.489. The van der Waals surface area contributed by atoms with E-state index in [1.807, 2.05) is 53.4 Å². The zero-order valence-corrected chi connectivity index (χ0v) is 12.0. The molecule has 0 saturated heterocycles. The lowest BCUT2D eigenvalue weighted by molar-refractivity contribution is 0.166. The van der Waals surface area contributed by atoms with E-state index >= 15 is 0 Å². The molecule has 1 aromatic carbocycles. The van der Waals surface area contributed by atoms with Gasteiger partial charge in [-0.15, -0.1) is 11.3 Å². The lowest BCUT2D eigenvalue weighted by Gasteiger charge is -2.14. The van der Waals surface area contributed by atoms with Crippen molar-refractivity contribution >= 4 is 16.3 Å². The smallest absolute Gasteiger partial charge is 0.193 e. The third-order valence-corrected chi connectivity index (χ3v) is 3.95. The van der Waals surface area contributed by atoms with E-state index in [0.717, 1.165) is 22.0 Å². The first-order valence-electron chi connectivity index (χ1n) is 6.58. The fourth-order valence-electron chi connectivity index (χ4n) is 2.10. The predicted molar refractivity (Wildman–Crippen MR) is 79.1 cm³/mol. The number of para-hydroxylation sites is 1. The molecule has 1 unspecified atom stereocenters. The highest BCUT2D eigenvalue weighted by molar-refractivity contribution is 7.15. The Bertz CT molecular complexity index is 676. The summed E-state index contributed by atoms with van der Waals surface area (Å²) in [5, 5.41) is 12.0. The normalized spacial score (nSPS) is 12.7. The van der Waals surface area contributed by atoms with E-state index in [1.165, 1.54) is 0 Å². The summed E-state index contributed by atoms with van der Waals surface area (Å²) in [5.74, 6) is 0.721. The lowest BCUT2D eigenvalue weighted by Crippen LogP contribution is -2.02. The predicted octanol–water partition coefficient (Wildman–Crippen LogP) is 3.42. The van der Waals surface area contributed by atoms with Crippen LogP contribution in [0.4, 0.5) is 0 Å². The van der Waals surface area contributed by atoms with Crippen LogP contribution in [-0.2, 0) is 6.61 Å². The molecule has 0 amide bonds. The van der Waals surface area contributed by atoms with Gasteiger partial charge in [0.1, 0.15) is 12.4 Å². The summed E-state index contributed by atoms with van der Waals surface area (Å²) in [6.07, 6.45) is 4.12. The first-order valence-corrected chi connectivity index (χ1v) is 7.46. The van der Waals surface area contributed by atoms with E-state index in [4.69, 9.17) is 4.74 Å². The molecule has 2 aromatic heterocycles. The maximum absolute atomic E-state index is 9.99. The Morgan fingerprint density at radius 1 is 1.40 bits per heavy atom. The molecule has 0 bridgehead atoms. The number of nitrogens with zero attached hydrogens (tertiary/aromatic N) is 2. The van der Waals surface area contributed by atoms with E-state index in [1.54, 1.807) is 11.3 Å². The van der Waals surface area contributed by atoms with Crippen LogP contribution >= 0.6 is 11.3 Å². The Balaban J connectivity index is 1.76. The Hall–Kier alpha value is -1.85. The molecule has 3 rings (SSSR count). The molecule has 0 spiro atoms. The molecule has 4 nitrogen and oxygen atoms in total. The van der Waals surface area contributed by atoms with Crippen molar-refractivity contribution in [1.82, 2.24) is 9.38 Å². The van der Waals surface area contributed by atoms with E-state index in [2.05, 4.69) is 4.98 Å². The summed E-state index contributed by atoms with van der Waals surface area (Å²) in [5.41, 5.74) is 1.72. The van der Waals surface area contributed by atoms with Gasteiger partial charge in [-0.25, -0.2) is 4.98 Å². The van der Waals surface area contributed by atoms with Crippen molar-refractivity contribution in [3.8, 4) is 5.75 Å². The molecule has 0 radical (unpaired) electrons. The zero-order valence-electron chi connectivity index (χ0n) is 11.2. The van der Waals surface area contributed by atoms with Crippen molar-refractivity contribution < 1.29 is 9.84 Å². The Morgan fingerprint density at radius 3 is 3.05 bits per heavy atom. The van der Waals surface area contributed by atoms with Gasteiger partial charge in [0, 0.05) is 23.3 Å². The van der Waals surface area contributed by atoms with Crippen molar-refractivity contribution in [2.75, 3.05) is 0 Å². The standard InChI is InChI=1S/C15H16N2O2S/c1-2-13(18)12-5-3-4-6-14(12)19-10-11-9-17-7-8-20-15(17)16-11/h3-9,13,18H,2,10H2,1H3. The maximum Gasteiger partial charge on any atom is 0.193 e. The molecule has 5 heteroatoms. The second-order valence-electron chi connectivity index (χ2n) is 4.58. The summed E-state index contributed by atoms with van der Waals surface area (Å²) in [7, 11) is 0. The second-order valence-corrected chi connectivity index (χ2v) is 5.45. The SMILES string of the molecule is CCC(O)c1ccccc1OCc1cn2ccsc2n1. The van der Waals surface area contributed by atoms with E-state index in [-0.39, 0.29) is 0 Å². The number of aromatic nitrogens is 2. The minimum absolute atomic E-state index is 0.405. The number of fused-ring (bicyclic) bond motifs is 1. The molecule has 0 aliphatic rings. The molecule has 20 heavy (non-hydrogen) atoms. The van der Waals surface area contributed by atoms with Crippen LogP contribution in [0.1, 0.15) is 30.7 Å². The third kappa shape index (κ3) is 2.55. The largest absolute Gasteiger partial charge is 0.487 e. The van der Waals surface area contributed by atoms with Crippen molar-refractivity contribution in [2.24, 2.45) is 0 Å². The van der Waals surface area contributed by atoms with Gasteiger partial charge in [-0.05, 0) is 12.5 Å². The zero-order chi connectivity index (χ0) is 13.9. The third-order valence-electron chi connectivity index (χ3n) is 3.18.